The molecule has 1 aromatic rings. The molecule has 1 saturated heterocycles. The Morgan fingerprint density at radius 3 is 2.89 bits per heavy atom. The van der Waals surface area contributed by atoms with Crippen LogP contribution in [-0.2, 0) is 0 Å². The van der Waals surface area contributed by atoms with Crippen LogP contribution < -0.4 is 5.73 Å². The zero-order chi connectivity index (χ0) is 14.0. The quantitative estimate of drug-likeness (QED) is 0.668. The third kappa shape index (κ3) is 2.93. The Kier molecular flexibility index (Phi) is 4.17. The van der Waals surface area contributed by atoms with Crippen LogP contribution in [-0.4, -0.2) is 29.0 Å². The first-order chi connectivity index (χ1) is 9.02. The lowest BCUT2D eigenvalue weighted by Gasteiger charge is -2.28. The van der Waals surface area contributed by atoms with Crippen molar-refractivity contribution >= 4 is 5.69 Å². The van der Waals surface area contributed by atoms with Gasteiger partial charge in [0.2, 0.25) is 0 Å². The highest BCUT2D eigenvalue weighted by Crippen LogP contribution is 2.32. The van der Waals surface area contributed by atoms with E-state index in [1.165, 1.54) is 6.07 Å². The number of hydrogen-bond donors (Lipinski definition) is 1. The number of nitrogens with two attached hydrogens (primary N) is 1. The molecule has 1 fully saturated rings. The Morgan fingerprint density at radius 2 is 2.32 bits per heavy atom. The number of nitro benzene ring substituents is 1. The second-order valence-electron chi connectivity index (χ2n) is 5.41. The molecule has 0 spiro atoms. The third-order valence-corrected chi connectivity index (χ3v) is 4.10. The van der Waals surface area contributed by atoms with Crippen molar-refractivity contribution in [2.75, 3.05) is 13.1 Å². The molecule has 5 heteroatoms. The summed E-state index contributed by atoms with van der Waals surface area (Å²) in [6.45, 7) is 5.99. The highest BCUT2D eigenvalue weighted by molar-refractivity contribution is 5.35. The molecular formula is C14H21N3O2. The van der Waals surface area contributed by atoms with Gasteiger partial charge in [-0.2, -0.15) is 0 Å². The number of non-ortho nitro benzene ring substituents is 1. The zero-order valence-corrected chi connectivity index (χ0v) is 11.5. The summed E-state index contributed by atoms with van der Waals surface area (Å²) in [6.07, 6.45) is 1.11. The van der Waals surface area contributed by atoms with Gasteiger partial charge in [-0.1, -0.05) is 12.1 Å². The van der Waals surface area contributed by atoms with Gasteiger partial charge in [0.05, 0.1) is 4.92 Å². The van der Waals surface area contributed by atoms with E-state index < -0.39 is 0 Å². The summed E-state index contributed by atoms with van der Waals surface area (Å²) in [5.41, 5.74) is 6.90. The van der Waals surface area contributed by atoms with E-state index in [-0.39, 0.29) is 16.7 Å². The van der Waals surface area contributed by atoms with E-state index in [9.17, 15) is 10.1 Å². The first-order valence-electron chi connectivity index (χ1n) is 6.73. The highest BCUT2D eigenvalue weighted by Gasteiger charge is 2.32. The average molecular weight is 263 g/mol. The van der Waals surface area contributed by atoms with Crippen molar-refractivity contribution in [1.82, 2.24) is 4.90 Å². The summed E-state index contributed by atoms with van der Waals surface area (Å²) >= 11 is 0. The molecule has 0 radical (unpaired) electrons. The maximum atomic E-state index is 10.8. The van der Waals surface area contributed by atoms with Crippen LogP contribution in [0.2, 0.25) is 0 Å². The second kappa shape index (κ2) is 5.67. The smallest absolute Gasteiger partial charge is 0.269 e. The molecule has 0 aromatic heterocycles. The molecule has 104 valence electrons. The predicted octanol–water partition coefficient (Wildman–Crippen LogP) is 2.32. The molecule has 1 aliphatic heterocycles. The number of rotatable bonds is 4. The SMILES string of the molecule is CC1CC(CN)CN1C(C)c1cccc([N+](=O)[O-])c1. The fraction of sp³-hybridized carbons (Fsp3) is 0.571. The van der Waals surface area contributed by atoms with E-state index in [4.69, 9.17) is 5.73 Å². The summed E-state index contributed by atoms with van der Waals surface area (Å²) in [5, 5.41) is 10.8. The summed E-state index contributed by atoms with van der Waals surface area (Å²) in [5.74, 6) is 0.538. The number of nitrogens with zero attached hydrogens (tertiary/aromatic N) is 2. The van der Waals surface area contributed by atoms with Gasteiger partial charge in [-0.3, -0.25) is 15.0 Å². The van der Waals surface area contributed by atoms with Crippen LogP contribution in [0.15, 0.2) is 24.3 Å². The molecule has 3 unspecified atom stereocenters. The summed E-state index contributed by atoms with van der Waals surface area (Å²) in [7, 11) is 0. The van der Waals surface area contributed by atoms with Crippen LogP contribution in [0.5, 0.6) is 0 Å². The van der Waals surface area contributed by atoms with Gasteiger partial charge in [-0.05, 0) is 38.3 Å². The van der Waals surface area contributed by atoms with Crippen molar-refractivity contribution in [2.45, 2.75) is 32.4 Å². The molecule has 1 aliphatic rings. The Labute approximate surface area is 113 Å². The fourth-order valence-electron chi connectivity index (χ4n) is 2.97. The first-order valence-corrected chi connectivity index (χ1v) is 6.73. The maximum Gasteiger partial charge on any atom is 0.269 e. The van der Waals surface area contributed by atoms with Crippen LogP contribution in [0.3, 0.4) is 0 Å². The van der Waals surface area contributed by atoms with E-state index in [2.05, 4.69) is 18.7 Å². The van der Waals surface area contributed by atoms with Crippen molar-refractivity contribution in [3.05, 3.63) is 39.9 Å². The molecule has 3 atom stereocenters. The van der Waals surface area contributed by atoms with Crippen molar-refractivity contribution in [2.24, 2.45) is 11.7 Å². The monoisotopic (exact) mass is 263 g/mol. The molecule has 0 amide bonds. The molecule has 2 rings (SSSR count). The lowest BCUT2D eigenvalue weighted by Crippen LogP contribution is -2.30. The number of benzene rings is 1. The topological polar surface area (TPSA) is 72.4 Å². The molecule has 5 nitrogen and oxygen atoms in total. The molecule has 0 aliphatic carbocycles. The van der Waals surface area contributed by atoms with Gasteiger partial charge in [0.25, 0.3) is 5.69 Å². The van der Waals surface area contributed by atoms with E-state index >= 15 is 0 Å². The van der Waals surface area contributed by atoms with E-state index in [0.717, 1.165) is 18.5 Å². The third-order valence-electron chi connectivity index (χ3n) is 4.10. The van der Waals surface area contributed by atoms with Gasteiger partial charge >= 0.3 is 0 Å². The lowest BCUT2D eigenvalue weighted by atomic mass is 10.1. The van der Waals surface area contributed by atoms with Crippen molar-refractivity contribution in [3.8, 4) is 0 Å². The fourth-order valence-corrected chi connectivity index (χ4v) is 2.97. The normalized spacial score (nSPS) is 25.4. The lowest BCUT2D eigenvalue weighted by molar-refractivity contribution is -0.385. The van der Waals surface area contributed by atoms with Gasteiger partial charge in [-0.15, -0.1) is 0 Å². The molecule has 0 bridgehead atoms. The summed E-state index contributed by atoms with van der Waals surface area (Å²) in [6, 6.07) is 7.58. The minimum absolute atomic E-state index is 0.159. The Morgan fingerprint density at radius 1 is 1.58 bits per heavy atom. The number of likely N-dealkylation sites (tertiary alicyclic amines) is 1. The Balaban J connectivity index is 2.17. The van der Waals surface area contributed by atoms with Crippen molar-refractivity contribution in [3.63, 3.8) is 0 Å². The average Bonchev–Trinajstić information content (AvgIpc) is 2.79. The highest BCUT2D eigenvalue weighted by atomic mass is 16.6. The van der Waals surface area contributed by atoms with Gasteiger partial charge in [0.15, 0.2) is 0 Å². The van der Waals surface area contributed by atoms with Crippen molar-refractivity contribution in [1.29, 1.82) is 0 Å². The molecule has 0 saturated carbocycles. The standard InChI is InChI=1S/C14H21N3O2/c1-10-6-12(8-15)9-16(10)11(2)13-4-3-5-14(7-13)17(18)19/h3-5,7,10-12H,6,8-9,15H2,1-2H3. The minimum Gasteiger partial charge on any atom is -0.330 e. The van der Waals surface area contributed by atoms with Gasteiger partial charge in [-0.25, -0.2) is 0 Å². The largest absolute Gasteiger partial charge is 0.330 e. The van der Waals surface area contributed by atoms with E-state index in [1.807, 2.05) is 6.07 Å². The molecule has 1 heterocycles. The number of hydrogen-bond acceptors (Lipinski definition) is 4. The van der Waals surface area contributed by atoms with E-state index in [0.29, 0.717) is 18.5 Å². The van der Waals surface area contributed by atoms with Gasteiger partial charge in [0, 0.05) is 30.8 Å². The first kappa shape index (κ1) is 14.0. The molecule has 19 heavy (non-hydrogen) atoms. The molecule has 2 N–H and O–H groups in total. The Bertz CT molecular complexity index is 464. The van der Waals surface area contributed by atoms with Crippen LogP contribution in [0.25, 0.3) is 0 Å². The maximum absolute atomic E-state index is 10.8. The second-order valence-corrected chi connectivity index (χ2v) is 5.41. The predicted molar refractivity (Wildman–Crippen MR) is 74.8 cm³/mol. The van der Waals surface area contributed by atoms with E-state index in [1.54, 1.807) is 12.1 Å². The van der Waals surface area contributed by atoms with Crippen LogP contribution in [0.1, 0.15) is 31.9 Å². The van der Waals surface area contributed by atoms with Gasteiger partial charge in [0.1, 0.15) is 0 Å². The minimum atomic E-state index is -0.341. The molecular weight excluding hydrogens is 242 g/mol. The van der Waals surface area contributed by atoms with Gasteiger partial charge < -0.3 is 5.73 Å². The summed E-state index contributed by atoms with van der Waals surface area (Å²) < 4.78 is 0. The van der Waals surface area contributed by atoms with Crippen LogP contribution in [0.4, 0.5) is 5.69 Å². The van der Waals surface area contributed by atoms with Crippen LogP contribution >= 0.6 is 0 Å². The Hall–Kier alpha value is -1.46. The molecule has 1 aromatic carbocycles. The summed E-state index contributed by atoms with van der Waals surface area (Å²) in [4.78, 5) is 12.9. The zero-order valence-electron chi connectivity index (χ0n) is 11.5. The van der Waals surface area contributed by atoms with Crippen molar-refractivity contribution < 1.29 is 4.92 Å². The van der Waals surface area contributed by atoms with Crippen LogP contribution in [0, 0.1) is 16.0 Å². The number of nitro groups is 1.